The van der Waals surface area contributed by atoms with Gasteiger partial charge in [-0.05, 0) is 19.1 Å². The second kappa shape index (κ2) is 5.72. The Kier molecular flexibility index (Phi) is 4.57. The lowest BCUT2D eigenvalue weighted by Crippen LogP contribution is -2.35. The highest BCUT2D eigenvalue weighted by atomic mass is 35.5. The summed E-state index contributed by atoms with van der Waals surface area (Å²) in [4.78, 5) is 12.2. The van der Waals surface area contributed by atoms with Gasteiger partial charge in [0, 0.05) is 12.5 Å². The maximum atomic E-state index is 11.6. The molecule has 0 aliphatic heterocycles. The van der Waals surface area contributed by atoms with E-state index in [2.05, 4.69) is 10.5 Å². The monoisotopic (exact) mass is 261 g/mol. The molecule has 5 nitrogen and oxygen atoms in total. The zero-order valence-electron chi connectivity index (χ0n) is 8.61. The Morgan fingerprint density at radius 2 is 2.44 bits per heavy atom. The normalized spacial score (nSPS) is 13.5. The Hall–Kier alpha value is -1.27. The number of carbonyl (C=O) groups is 1. The molecule has 0 aliphatic rings. The van der Waals surface area contributed by atoms with E-state index in [1.54, 1.807) is 19.1 Å². The van der Waals surface area contributed by atoms with Crippen molar-refractivity contribution in [3.8, 4) is 0 Å². The lowest BCUT2D eigenvalue weighted by Gasteiger charge is -2.11. The molecule has 88 valence electrons. The van der Waals surface area contributed by atoms with E-state index in [0.717, 1.165) is 0 Å². The number of oxime groups is 1. The van der Waals surface area contributed by atoms with Crippen LogP contribution >= 0.6 is 22.9 Å². The molecule has 0 aromatic carbocycles. The number of rotatable bonds is 4. The van der Waals surface area contributed by atoms with Crippen LogP contribution in [-0.4, -0.2) is 23.0 Å². The Morgan fingerprint density at radius 3 is 2.94 bits per heavy atom. The van der Waals surface area contributed by atoms with Crippen molar-refractivity contribution < 1.29 is 10.0 Å². The highest BCUT2D eigenvalue weighted by Gasteiger charge is 2.12. The van der Waals surface area contributed by atoms with Gasteiger partial charge < -0.3 is 16.3 Å². The van der Waals surface area contributed by atoms with Gasteiger partial charge >= 0.3 is 0 Å². The SMILES string of the molecule is CC(CC(N)=NO)NC(=O)c1ccc(Cl)s1. The molecule has 0 fully saturated rings. The number of nitrogens with one attached hydrogen (secondary N) is 1. The number of hydrogen-bond acceptors (Lipinski definition) is 4. The minimum Gasteiger partial charge on any atom is -0.409 e. The van der Waals surface area contributed by atoms with Crippen molar-refractivity contribution in [1.82, 2.24) is 5.32 Å². The maximum absolute atomic E-state index is 11.6. The first-order valence-corrected chi connectivity index (χ1v) is 5.75. The van der Waals surface area contributed by atoms with Gasteiger partial charge in [-0.1, -0.05) is 16.8 Å². The fourth-order valence-electron chi connectivity index (χ4n) is 1.14. The van der Waals surface area contributed by atoms with Crippen LogP contribution in [0.5, 0.6) is 0 Å². The molecule has 0 spiro atoms. The summed E-state index contributed by atoms with van der Waals surface area (Å²) in [5.74, 6) is -0.132. The van der Waals surface area contributed by atoms with E-state index in [4.69, 9.17) is 22.5 Å². The first kappa shape index (κ1) is 12.8. The summed E-state index contributed by atoms with van der Waals surface area (Å²) in [6.07, 6.45) is 0.293. The number of nitrogens with two attached hydrogens (primary N) is 1. The molecule has 0 radical (unpaired) electrons. The molecule has 1 aromatic rings. The van der Waals surface area contributed by atoms with Crippen molar-refractivity contribution >= 4 is 34.7 Å². The minimum atomic E-state index is -0.213. The summed E-state index contributed by atoms with van der Waals surface area (Å²) < 4.78 is 0.564. The van der Waals surface area contributed by atoms with Gasteiger partial charge in [-0.15, -0.1) is 11.3 Å². The van der Waals surface area contributed by atoms with E-state index in [9.17, 15) is 4.79 Å². The van der Waals surface area contributed by atoms with Gasteiger partial charge in [0.25, 0.3) is 5.91 Å². The van der Waals surface area contributed by atoms with Gasteiger partial charge in [-0.3, -0.25) is 4.79 Å². The van der Waals surface area contributed by atoms with Crippen LogP contribution in [0.3, 0.4) is 0 Å². The van der Waals surface area contributed by atoms with Crippen LogP contribution in [-0.2, 0) is 0 Å². The average Bonchev–Trinajstić information content (AvgIpc) is 2.64. The summed E-state index contributed by atoms with van der Waals surface area (Å²) in [5, 5.41) is 13.9. The van der Waals surface area contributed by atoms with E-state index < -0.39 is 0 Å². The third kappa shape index (κ3) is 3.71. The number of nitrogens with zero attached hydrogens (tertiary/aromatic N) is 1. The number of thiophene rings is 1. The van der Waals surface area contributed by atoms with Crippen LogP contribution in [0.15, 0.2) is 17.3 Å². The fourth-order valence-corrected chi connectivity index (χ4v) is 2.08. The van der Waals surface area contributed by atoms with Crippen LogP contribution in [0, 0.1) is 0 Å². The molecule has 1 rings (SSSR count). The first-order valence-electron chi connectivity index (χ1n) is 4.55. The molecule has 0 bridgehead atoms. The molecule has 1 atom stereocenters. The molecule has 1 aromatic heterocycles. The maximum Gasteiger partial charge on any atom is 0.261 e. The minimum absolute atomic E-state index is 0.0806. The highest BCUT2D eigenvalue weighted by Crippen LogP contribution is 2.21. The van der Waals surface area contributed by atoms with Gasteiger partial charge in [-0.2, -0.15) is 0 Å². The quantitative estimate of drug-likeness (QED) is 0.333. The zero-order chi connectivity index (χ0) is 12.1. The number of hydrogen-bond donors (Lipinski definition) is 3. The van der Waals surface area contributed by atoms with Gasteiger partial charge in [0.2, 0.25) is 0 Å². The van der Waals surface area contributed by atoms with Crippen molar-refractivity contribution in [3.63, 3.8) is 0 Å². The van der Waals surface area contributed by atoms with E-state index in [0.29, 0.717) is 15.6 Å². The van der Waals surface area contributed by atoms with Crippen molar-refractivity contribution in [2.24, 2.45) is 10.9 Å². The Bertz CT molecular complexity index is 405. The lowest BCUT2D eigenvalue weighted by molar-refractivity contribution is 0.0945. The van der Waals surface area contributed by atoms with Gasteiger partial charge in [0.1, 0.15) is 5.84 Å². The predicted octanol–water partition coefficient (Wildman–Crippen LogP) is 1.66. The number of amidine groups is 1. The molecule has 0 saturated carbocycles. The van der Waals surface area contributed by atoms with E-state index in [-0.39, 0.29) is 17.8 Å². The van der Waals surface area contributed by atoms with Crippen LogP contribution in [0.2, 0.25) is 4.34 Å². The first-order chi connectivity index (χ1) is 7.52. The summed E-state index contributed by atoms with van der Waals surface area (Å²) in [5.41, 5.74) is 5.32. The molecule has 4 N–H and O–H groups in total. The van der Waals surface area contributed by atoms with Crippen molar-refractivity contribution in [3.05, 3.63) is 21.3 Å². The molecule has 16 heavy (non-hydrogen) atoms. The Labute approximate surface area is 102 Å². The van der Waals surface area contributed by atoms with Crippen LogP contribution in [0.4, 0.5) is 0 Å². The van der Waals surface area contributed by atoms with E-state index in [1.807, 2.05) is 0 Å². The average molecular weight is 262 g/mol. The topological polar surface area (TPSA) is 87.7 Å². The van der Waals surface area contributed by atoms with Gasteiger partial charge in [0.05, 0.1) is 9.21 Å². The molecule has 0 aliphatic carbocycles. The zero-order valence-corrected chi connectivity index (χ0v) is 10.2. The molecular weight excluding hydrogens is 250 g/mol. The summed E-state index contributed by atoms with van der Waals surface area (Å²) in [6.45, 7) is 1.77. The van der Waals surface area contributed by atoms with E-state index in [1.165, 1.54) is 11.3 Å². The molecule has 1 unspecified atom stereocenters. The summed E-state index contributed by atoms with van der Waals surface area (Å²) in [7, 11) is 0. The molecular formula is C9H12ClN3O2S. The van der Waals surface area contributed by atoms with Crippen molar-refractivity contribution in [2.45, 2.75) is 19.4 Å². The molecule has 7 heteroatoms. The van der Waals surface area contributed by atoms with Crippen LogP contribution in [0.1, 0.15) is 23.0 Å². The number of carbonyl (C=O) groups excluding carboxylic acids is 1. The second-order valence-electron chi connectivity index (χ2n) is 3.27. The summed E-state index contributed by atoms with van der Waals surface area (Å²) in [6, 6.07) is 3.11. The second-order valence-corrected chi connectivity index (χ2v) is 4.99. The standard InChI is InChI=1S/C9H12ClN3O2S/c1-5(4-8(11)13-15)12-9(14)6-2-3-7(10)16-6/h2-3,5,15H,4H2,1H3,(H2,11,13)(H,12,14). The smallest absolute Gasteiger partial charge is 0.261 e. The third-order valence-electron chi connectivity index (χ3n) is 1.82. The van der Waals surface area contributed by atoms with Crippen LogP contribution < -0.4 is 11.1 Å². The lowest BCUT2D eigenvalue weighted by atomic mass is 10.2. The summed E-state index contributed by atoms with van der Waals surface area (Å²) >= 11 is 6.92. The van der Waals surface area contributed by atoms with Crippen molar-refractivity contribution in [2.75, 3.05) is 0 Å². The van der Waals surface area contributed by atoms with E-state index >= 15 is 0 Å². The largest absolute Gasteiger partial charge is 0.409 e. The van der Waals surface area contributed by atoms with Gasteiger partial charge in [0.15, 0.2) is 0 Å². The van der Waals surface area contributed by atoms with Crippen molar-refractivity contribution in [1.29, 1.82) is 0 Å². The van der Waals surface area contributed by atoms with Gasteiger partial charge in [-0.25, -0.2) is 0 Å². The molecule has 0 saturated heterocycles. The highest BCUT2D eigenvalue weighted by molar-refractivity contribution is 7.17. The number of halogens is 1. The van der Waals surface area contributed by atoms with Crippen LogP contribution in [0.25, 0.3) is 0 Å². The molecule has 1 amide bonds. The number of amides is 1. The Balaban J connectivity index is 2.52. The molecule has 1 heterocycles. The predicted molar refractivity (Wildman–Crippen MR) is 64.3 cm³/mol. The third-order valence-corrected chi connectivity index (χ3v) is 3.05. The fraction of sp³-hybridized carbons (Fsp3) is 0.333. The Morgan fingerprint density at radius 1 is 1.75 bits per heavy atom.